The number of halogens is 4. The van der Waals surface area contributed by atoms with Gasteiger partial charge in [-0.05, 0) is 46.3 Å². The number of nitrogens with zero attached hydrogens (tertiary/aromatic N) is 1. The predicted molar refractivity (Wildman–Crippen MR) is 75.4 cm³/mol. The Morgan fingerprint density at radius 3 is 2.29 bits per heavy atom. The van der Waals surface area contributed by atoms with Crippen LogP contribution in [0.3, 0.4) is 0 Å². The Hall–Kier alpha value is -2.15. The van der Waals surface area contributed by atoms with Crippen LogP contribution in [0.25, 0.3) is 22.0 Å². The average Bonchev–Trinajstić information content (AvgIpc) is 2.45. The first kappa shape index (κ1) is 13.8. The molecule has 1 heterocycles. The quantitative estimate of drug-likeness (QED) is 0.722. The van der Waals surface area contributed by atoms with E-state index in [1.807, 2.05) is 0 Å². The Balaban J connectivity index is 2.37. The molecular weight excluding hydrogens is 349 g/mol. The zero-order valence-electron chi connectivity index (χ0n) is 10.3. The molecule has 0 unspecified atom stereocenters. The smallest absolute Gasteiger partial charge is 0.267 e. The van der Waals surface area contributed by atoms with Crippen LogP contribution < -0.4 is 5.56 Å². The van der Waals surface area contributed by atoms with Gasteiger partial charge in [0.2, 0.25) is 0 Å². The molecule has 0 aliphatic heterocycles. The largest absolute Gasteiger partial charge is 0.272 e. The summed E-state index contributed by atoms with van der Waals surface area (Å²) in [7, 11) is 0. The molecule has 3 rings (SSSR count). The molecular formula is C14H6BrF3N2O. The molecule has 0 aliphatic rings. The zero-order valence-corrected chi connectivity index (χ0v) is 11.8. The minimum atomic E-state index is -1.12. The van der Waals surface area contributed by atoms with Gasteiger partial charge in [-0.1, -0.05) is 0 Å². The van der Waals surface area contributed by atoms with Crippen molar-refractivity contribution in [3.63, 3.8) is 0 Å². The second-order valence-electron chi connectivity index (χ2n) is 4.34. The van der Waals surface area contributed by atoms with Crippen molar-refractivity contribution < 1.29 is 13.2 Å². The molecule has 3 nitrogen and oxygen atoms in total. The zero-order chi connectivity index (χ0) is 15.1. The minimum absolute atomic E-state index is 0.0284. The Morgan fingerprint density at radius 2 is 1.62 bits per heavy atom. The van der Waals surface area contributed by atoms with Gasteiger partial charge in [0.05, 0.1) is 15.6 Å². The molecule has 2 aromatic carbocycles. The predicted octanol–water partition coefficient (Wildman–Crippen LogP) is 3.77. The molecule has 0 saturated carbocycles. The fourth-order valence-corrected chi connectivity index (χ4v) is 2.40. The lowest BCUT2D eigenvalue weighted by Crippen LogP contribution is -2.10. The number of aromatic amines is 1. The number of hydrogen-bond acceptors (Lipinski definition) is 2. The second kappa shape index (κ2) is 5.00. The summed E-state index contributed by atoms with van der Waals surface area (Å²) < 4.78 is 40.2. The van der Waals surface area contributed by atoms with Crippen LogP contribution in [0.1, 0.15) is 0 Å². The van der Waals surface area contributed by atoms with Crippen molar-refractivity contribution in [2.24, 2.45) is 0 Å². The van der Waals surface area contributed by atoms with Crippen molar-refractivity contribution in [2.75, 3.05) is 0 Å². The van der Waals surface area contributed by atoms with Crippen molar-refractivity contribution in [1.82, 2.24) is 10.2 Å². The molecule has 7 heteroatoms. The summed E-state index contributed by atoms with van der Waals surface area (Å²) in [5, 5.41) is 6.19. The molecule has 0 fully saturated rings. The Kier molecular flexibility index (Phi) is 3.29. The number of fused-ring (bicyclic) bond motifs is 1. The maximum Gasteiger partial charge on any atom is 0.272 e. The summed E-state index contributed by atoms with van der Waals surface area (Å²) in [6.07, 6.45) is 0. The molecule has 1 N–H and O–H groups in total. The lowest BCUT2D eigenvalue weighted by molar-refractivity contribution is 0.511. The number of rotatable bonds is 1. The topological polar surface area (TPSA) is 45.8 Å². The van der Waals surface area contributed by atoms with E-state index in [9.17, 15) is 18.0 Å². The van der Waals surface area contributed by atoms with Gasteiger partial charge in [0.25, 0.3) is 5.56 Å². The van der Waals surface area contributed by atoms with E-state index in [1.54, 1.807) is 0 Å². The van der Waals surface area contributed by atoms with Crippen LogP contribution in [0.5, 0.6) is 0 Å². The van der Waals surface area contributed by atoms with Gasteiger partial charge in [0.15, 0.2) is 11.6 Å². The summed E-state index contributed by atoms with van der Waals surface area (Å²) in [4.78, 5) is 11.7. The van der Waals surface area contributed by atoms with Crippen LogP contribution in [0, 0.1) is 17.5 Å². The van der Waals surface area contributed by atoms with Crippen molar-refractivity contribution in [3.8, 4) is 11.3 Å². The second-order valence-corrected chi connectivity index (χ2v) is 5.20. The lowest BCUT2D eigenvalue weighted by atomic mass is 10.0. The molecule has 0 saturated heterocycles. The Morgan fingerprint density at radius 1 is 0.952 bits per heavy atom. The average molecular weight is 355 g/mol. The molecule has 106 valence electrons. The SMILES string of the molecule is O=c1[nH]nc(-c2ccc(F)c(Br)c2)c2cc(F)c(F)cc12. The van der Waals surface area contributed by atoms with Crippen molar-refractivity contribution in [3.05, 3.63) is 62.6 Å². The van der Waals surface area contributed by atoms with E-state index in [0.29, 0.717) is 5.56 Å². The van der Waals surface area contributed by atoms with Gasteiger partial charge in [-0.25, -0.2) is 18.3 Å². The first-order valence-electron chi connectivity index (χ1n) is 5.80. The number of H-pyrrole nitrogens is 1. The van der Waals surface area contributed by atoms with Crippen LogP contribution in [-0.4, -0.2) is 10.2 Å². The number of aromatic nitrogens is 2. The summed E-state index contributed by atoms with van der Waals surface area (Å²) in [5.41, 5.74) is 0.0496. The molecule has 0 aliphatic carbocycles. The molecule has 1 aromatic heterocycles. The van der Waals surface area contributed by atoms with Crippen molar-refractivity contribution in [2.45, 2.75) is 0 Å². The molecule has 0 amide bonds. The van der Waals surface area contributed by atoms with Gasteiger partial charge >= 0.3 is 0 Å². The van der Waals surface area contributed by atoms with E-state index in [1.165, 1.54) is 18.2 Å². The normalized spacial score (nSPS) is 11.0. The summed E-state index contributed by atoms with van der Waals surface area (Å²) in [5.74, 6) is -2.67. The third-order valence-electron chi connectivity index (χ3n) is 3.02. The monoisotopic (exact) mass is 354 g/mol. The fraction of sp³-hybridized carbons (Fsp3) is 0. The van der Waals surface area contributed by atoms with Gasteiger partial charge in [0, 0.05) is 10.9 Å². The molecule has 0 atom stereocenters. The van der Waals surface area contributed by atoms with Crippen LogP contribution in [0.2, 0.25) is 0 Å². The standard InChI is InChI=1S/C14H6BrF3N2O/c15-9-3-6(1-2-10(9)16)13-7-4-11(17)12(18)5-8(7)14(21)20-19-13/h1-5H,(H,20,21). The Labute approximate surface area is 124 Å². The molecule has 3 aromatic rings. The van der Waals surface area contributed by atoms with Gasteiger partial charge in [-0.15, -0.1) is 0 Å². The molecule has 0 radical (unpaired) electrons. The summed E-state index contributed by atoms with van der Waals surface area (Å²) in [6, 6.07) is 5.79. The third kappa shape index (κ3) is 2.33. The van der Waals surface area contributed by atoms with Crippen LogP contribution in [-0.2, 0) is 0 Å². The van der Waals surface area contributed by atoms with E-state index in [2.05, 4.69) is 26.1 Å². The van der Waals surface area contributed by atoms with Gasteiger partial charge < -0.3 is 0 Å². The molecule has 0 spiro atoms. The highest BCUT2D eigenvalue weighted by Gasteiger charge is 2.14. The lowest BCUT2D eigenvalue weighted by Gasteiger charge is -2.06. The van der Waals surface area contributed by atoms with E-state index in [-0.39, 0.29) is 20.9 Å². The van der Waals surface area contributed by atoms with Crippen LogP contribution >= 0.6 is 15.9 Å². The Bertz CT molecular complexity index is 924. The highest BCUT2D eigenvalue weighted by Crippen LogP contribution is 2.28. The maximum absolute atomic E-state index is 13.4. The van der Waals surface area contributed by atoms with Crippen molar-refractivity contribution >= 4 is 26.7 Å². The highest BCUT2D eigenvalue weighted by molar-refractivity contribution is 9.10. The number of nitrogens with one attached hydrogen (secondary N) is 1. The van der Waals surface area contributed by atoms with E-state index < -0.39 is 23.0 Å². The van der Waals surface area contributed by atoms with Gasteiger partial charge in [-0.2, -0.15) is 5.10 Å². The van der Waals surface area contributed by atoms with Crippen LogP contribution in [0.4, 0.5) is 13.2 Å². The van der Waals surface area contributed by atoms with Crippen molar-refractivity contribution in [1.29, 1.82) is 0 Å². The first-order chi connectivity index (χ1) is 9.97. The fourth-order valence-electron chi connectivity index (χ4n) is 2.02. The highest BCUT2D eigenvalue weighted by atomic mass is 79.9. The number of benzene rings is 2. The summed E-state index contributed by atoms with van der Waals surface area (Å²) >= 11 is 3.04. The first-order valence-corrected chi connectivity index (χ1v) is 6.59. The molecule has 21 heavy (non-hydrogen) atoms. The third-order valence-corrected chi connectivity index (χ3v) is 3.63. The molecule has 0 bridgehead atoms. The summed E-state index contributed by atoms with van der Waals surface area (Å²) in [6.45, 7) is 0. The van der Waals surface area contributed by atoms with Crippen LogP contribution in [0.15, 0.2) is 39.6 Å². The van der Waals surface area contributed by atoms with Gasteiger partial charge in [0.1, 0.15) is 5.82 Å². The minimum Gasteiger partial charge on any atom is -0.267 e. The van der Waals surface area contributed by atoms with Gasteiger partial charge in [-0.3, -0.25) is 4.79 Å². The van der Waals surface area contributed by atoms with E-state index in [0.717, 1.165) is 12.1 Å². The van der Waals surface area contributed by atoms with E-state index >= 15 is 0 Å². The number of hydrogen-bond donors (Lipinski definition) is 1. The van der Waals surface area contributed by atoms with E-state index in [4.69, 9.17) is 0 Å². The maximum atomic E-state index is 13.4.